The van der Waals surface area contributed by atoms with Crippen LogP contribution in [0.1, 0.15) is 23.7 Å². The highest BCUT2D eigenvalue weighted by Crippen LogP contribution is 2.27. The van der Waals surface area contributed by atoms with Crippen molar-refractivity contribution in [3.63, 3.8) is 0 Å². The van der Waals surface area contributed by atoms with E-state index in [1.165, 1.54) is 6.20 Å². The van der Waals surface area contributed by atoms with Crippen molar-refractivity contribution < 1.29 is 14.5 Å². The van der Waals surface area contributed by atoms with Crippen LogP contribution in [0.4, 0.5) is 22.9 Å². The summed E-state index contributed by atoms with van der Waals surface area (Å²) in [5.41, 5.74) is 7.65. The Morgan fingerprint density at radius 1 is 1.21 bits per heavy atom. The number of anilines is 4. The van der Waals surface area contributed by atoms with Crippen LogP contribution in [0.5, 0.6) is 0 Å². The summed E-state index contributed by atoms with van der Waals surface area (Å²) in [4.78, 5) is 43.2. The summed E-state index contributed by atoms with van der Waals surface area (Å²) in [7, 11) is 0. The topological polar surface area (TPSA) is 147 Å². The highest BCUT2D eigenvalue weighted by atomic mass is 35.5. The molecule has 4 N–H and O–H groups in total. The molecule has 4 rings (SSSR count). The summed E-state index contributed by atoms with van der Waals surface area (Å²) in [6.07, 6.45) is 6.95. The van der Waals surface area contributed by atoms with Gasteiger partial charge in [-0.3, -0.25) is 19.7 Å². The molecule has 1 aromatic heterocycles. The van der Waals surface area contributed by atoms with Gasteiger partial charge in [-0.25, -0.2) is 4.98 Å². The Labute approximate surface area is 225 Å². The molecule has 1 aliphatic heterocycles. The van der Waals surface area contributed by atoms with Gasteiger partial charge >= 0.3 is 0 Å². The highest BCUT2D eigenvalue weighted by molar-refractivity contribution is 6.27. The lowest BCUT2D eigenvalue weighted by molar-refractivity contribution is -0.549. The molecule has 12 heteroatoms. The van der Waals surface area contributed by atoms with Gasteiger partial charge in [0.05, 0.1) is 11.3 Å². The molecule has 2 aliphatic rings. The van der Waals surface area contributed by atoms with Gasteiger partial charge < -0.3 is 26.2 Å². The van der Waals surface area contributed by atoms with Crippen LogP contribution < -0.4 is 21.3 Å². The number of amides is 2. The maximum atomic E-state index is 12.0. The quantitative estimate of drug-likeness (QED) is 0.250. The summed E-state index contributed by atoms with van der Waals surface area (Å²) >= 11 is 5.66. The van der Waals surface area contributed by atoms with Crippen LogP contribution in [0.25, 0.3) is 0 Å². The molecule has 0 radical (unpaired) electrons. The fourth-order valence-electron chi connectivity index (χ4n) is 4.46. The Hall–Kier alpha value is -4.12. The first-order chi connectivity index (χ1) is 18.2. The molecule has 0 bridgehead atoms. The second kappa shape index (κ2) is 11.5. The minimum Gasteiger partial charge on any atom is -0.380 e. The van der Waals surface area contributed by atoms with E-state index in [0.29, 0.717) is 31.0 Å². The number of pyridine rings is 1. The van der Waals surface area contributed by atoms with Crippen LogP contribution in [0.3, 0.4) is 0 Å². The fraction of sp³-hybridized carbons (Fsp3) is 0.346. The van der Waals surface area contributed by atoms with Crippen molar-refractivity contribution >= 4 is 46.3 Å². The number of primary amides is 1. The van der Waals surface area contributed by atoms with E-state index in [2.05, 4.69) is 20.5 Å². The van der Waals surface area contributed by atoms with E-state index < -0.39 is 11.4 Å². The molecule has 2 aromatic rings. The van der Waals surface area contributed by atoms with E-state index in [0.717, 1.165) is 30.0 Å². The Kier molecular flexibility index (Phi) is 8.16. The molecule has 2 amide bonds. The van der Waals surface area contributed by atoms with Crippen molar-refractivity contribution in [2.24, 2.45) is 5.73 Å². The van der Waals surface area contributed by atoms with E-state index in [9.17, 15) is 19.7 Å². The minimum atomic E-state index is -1.16. The monoisotopic (exact) mass is 539 g/mol. The summed E-state index contributed by atoms with van der Waals surface area (Å²) in [5, 5.41) is 17.8. The Bertz CT molecular complexity index is 1270. The predicted molar refractivity (Wildman–Crippen MR) is 148 cm³/mol. The van der Waals surface area contributed by atoms with Crippen molar-refractivity contribution in [2.45, 2.75) is 18.9 Å². The van der Waals surface area contributed by atoms with Crippen LogP contribution >= 0.6 is 11.6 Å². The van der Waals surface area contributed by atoms with E-state index in [1.54, 1.807) is 30.0 Å². The number of aromatic nitrogens is 1. The predicted octanol–water partition coefficient (Wildman–Crippen LogP) is 3.15. The molecule has 1 fully saturated rings. The van der Waals surface area contributed by atoms with E-state index in [1.807, 2.05) is 30.3 Å². The first-order valence-corrected chi connectivity index (χ1v) is 12.7. The maximum Gasteiger partial charge on any atom is 0.252 e. The lowest BCUT2D eigenvalue weighted by Crippen LogP contribution is -2.49. The number of hydrogen-bond acceptors (Lipinski definition) is 8. The van der Waals surface area contributed by atoms with Gasteiger partial charge in [0.1, 0.15) is 11.7 Å². The van der Waals surface area contributed by atoms with Crippen molar-refractivity contribution in [1.82, 2.24) is 9.88 Å². The van der Waals surface area contributed by atoms with Crippen LogP contribution in [-0.2, 0) is 4.79 Å². The molecule has 0 spiro atoms. The molecule has 1 aliphatic carbocycles. The van der Waals surface area contributed by atoms with Gasteiger partial charge in [0.15, 0.2) is 0 Å². The normalized spacial score (nSPS) is 19.1. The summed E-state index contributed by atoms with van der Waals surface area (Å²) < 4.78 is 0. The smallest absolute Gasteiger partial charge is 0.252 e. The van der Waals surface area contributed by atoms with Gasteiger partial charge in [0, 0.05) is 74.6 Å². The second-order valence-electron chi connectivity index (χ2n) is 9.45. The lowest BCUT2D eigenvalue weighted by Gasteiger charge is -2.36. The van der Waals surface area contributed by atoms with Gasteiger partial charge in [0.2, 0.25) is 11.4 Å². The summed E-state index contributed by atoms with van der Waals surface area (Å²) in [6, 6.07) is 9.52. The minimum absolute atomic E-state index is 0.00199. The van der Waals surface area contributed by atoms with E-state index in [-0.39, 0.29) is 28.8 Å². The number of halogens is 1. The van der Waals surface area contributed by atoms with Gasteiger partial charge in [0.25, 0.3) is 5.91 Å². The number of nitro groups is 1. The molecule has 1 saturated heterocycles. The van der Waals surface area contributed by atoms with Gasteiger partial charge in [-0.1, -0.05) is 12.2 Å². The molecule has 0 saturated carbocycles. The molecule has 11 nitrogen and oxygen atoms in total. The standard InChI is InChI=1S/C26H30ClN7O4/c1-26(34(37)38)8-2-3-18(14-26)16-29-22-13-23(30-17-21(22)25(28)36)31-19-4-6-20(7-5-19)32-9-11-33(12-10-32)24(35)15-27/h2-7,13-14,17H,8-12,15-16H2,1H3,(H2,28,36)(H2,29,30,31). The largest absolute Gasteiger partial charge is 0.380 e. The first-order valence-electron chi connectivity index (χ1n) is 12.2. The Morgan fingerprint density at radius 2 is 1.92 bits per heavy atom. The molecular formula is C26H30ClN7O4. The number of hydrogen-bond donors (Lipinski definition) is 3. The molecule has 38 heavy (non-hydrogen) atoms. The average molecular weight is 540 g/mol. The molecule has 1 aromatic carbocycles. The number of nitrogens with one attached hydrogen (secondary N) is 2. The zero-order chi connectivity index (χ0) is 27.3. The van der Waals surface area contributed by atoms with Crippen molar-refractivity contribution in [2.75, 3.05) is 54.1 Å². The van der Waals surface area contributed by atoms with Crippen molar-refractivity contribution in [1.29, 1.82) is 0 Å². The van der Waals surface area contributed by atoms with E-state index >= 15 is 0 Å². The van der Waals surface area contributed by atoms with E-state index in [4.69, 9.17) is 17.3 Å². The third-order valence-corrected chi connectivity index (χ3v) is 6.91. The average Bonchev–Trinajstić information content (AvgIpc) is 2.92. The van der Waals surface area contributed by atoms with Crippen LogP contribution in [-0.4, -0.2) is 70.8 Å². The number of carbonyl (C=O) groups excluding carboxylic acids is 2. The number of carbonyl (C=O) groups is 2. The van der Waals surface area contributed by atoms with Gasteiger partial charge in [-0.2, -0.15) is 0 Å². The van der Waals surface area contributed by atoms with Crippen LogP contribution in [0, 0.1) is 10.1 Å². The van der Waals surface area contributed by atoms with Gasteiger partial charge in [-0.05, 0) is 35.9 Å². The Morgan fingerprint density at radius 3 is 2.55 bits per heavy atom. The molecular weight excluding hydrogens is 510 g/mol. The first kappa shape index (κ1) is 26.9. The Balaban J connectivity index is 1.42. The van der Waals surface area contributed by atoms with Gasteiger partial charge in [-0.15, -0.1) is 11.6 Å². The summed E-state index contributed by atoms with van der Waals surface area (Å²) in [6.45, 7) is 4.58. The zero-order valence-electron chi connectivity index (χ0n) is 21.0. The lowest BCUT2D eigenvalue weighted by atomic mass is 9.90. The third-order valence-electron chi connectivity index (χ3n) is 6.68. The molecule has 200 valence electrons. The van der Waals surface area contributed by atoms with Crippen molar-refractivity contribution in [3.8, 4) is 0 Å². The molecule has 1 unspecified atom stereocenters. The number of alkyl halides is 1. The number of benzene rings is 1. The highest BCUT2D eigenvalue weighted by Gasteiger charge is 2.35. The third kappa shape index (κ3) is 6.23. The second-order valence-corrected chi connectivity index (χ2v) is 9.71. The molecule has 2 heterocycles. The number of nitrogens with zero attached hydrogens (tertiary/aromatic N) is 4. The number of piperazine rings is 1. The SMILES string of the molecule is CC1([N+](=O)[O-])C=C(CNc2cc(Nc3ccc(N4CCN(C(=O)CCl)CC4)cc3)ncc2C(N)=O)C=CC1. The fourth-order valence-corrected chi connectivity index (χ4v) is 4.63. The number of nitrogens with two attached hydrogens (primary N) is 1. The van der Waals surface area contributed by atoms with Crippen LogP contribution in [0.15, 0.2) is 60.3 Å². The number of rotatable bonds is 9. The van der Waals surface area contributed by atoms with Crippen LogP contribution in [0.2, 0.25) is 0 Å². The maximum absolute atomic E-state index is 12.0. The zero-order valence-corrected chi connectivity index (χ0v) is 21.8. The molecule has 1 atom stereocenters. The summed E-state index contributed by atoms with van der Waals surface area (Å²) in [5.74, 6) is -0.174. The van der Waals surface area contributed by atoms with Crippen molar-refractivity contribution in [3.05, 3.63) is 76.0 Å².